The highest BCUT2D eigenvalue weighted by molar-refractivity contribution is 6.33. The fourth-order valence-corrected chi connectivity index (χ4v) is 2.08. The molecule has 0 fully saturated rings. The summed E-state index contributed by atoms with van der Waals surface area (Å²) in [6.07, 6.45) is 1.60. The van der Waals surface area contributed by atoms with Gasteiger partial charge in [-0.25, -0.2) is 5.43 Å². The van der Waals surface area contributed by atoms with E-state index < -0.39 is 0 Å². The number of nitrogens with one attached hydrogen (secondary N) is 2. The molecule has 5 nitrogen and oxygen atoms in total. The number of carbonyl (C=O) groups is 2. The third-order valence-electron chi connectivity index (χ3n) is 3.21. The Hall–Kier alpha value is -2.66. The number of amides is 2. The number of carbonyl (C=O) groups excluding carboxylic acids is 2. The number of hydrogen-bond donors (Lipinski definition) is 2. The van der Waals surface area contributed by atoms with Gasteiger partial charge in [0.05, 0.1) is 6.21 Å². The summed E-state index contributed by atoms with van der Waals surface area (Å²) in [5.41, 5.74) is 4.91. The molecule has 0 heterocycles. The summed E-state index contributed by atoms with van der Waals surface area (Å²) in [6, 6.07) is 14.6. The number of halogens is 1. The van der Waals surface area contributed by atoms with E-state index in [4.69, 9.17) is 11.6 Å². The monoisotopic (exact) mass is 343 g/mol. The summed E-state index contributed by atoms with van der Waals surface area (Å²) in [7, 11) is 0. The largest absolute Gasteiger partial charge is 0.326 e. The topological polar surface area (TPSA) is 70.6 Å². The van der Waals surface area contributed by atoms with E-state index in [0.717, 1.165) is 5.56 Å². The van der Waals surface area contributed by atoms with E-state index in [1.807, 2.05) is 43.3 Å². The lowest BCUT2D eigenvalue weighted by molar-refractivity contribution is -0.124. The van der Waals surface area contributed by atoms with Crippen molar-refractivity contribution in [2.45, 2.75) is 19.8 Å². The zero-order valence-electron chi connectivity index (χ0n) is 13.3. The number of rotatable bonds is 6. The van der Waals surface area contributed by atoms with Crippen LogP contribution in [0.15, 0.2) is 53.6 Å². The minimum atomic E-state index is -0.336. The van der Waals surface area contributed by atoms with E-state index in [-0.39, 0.29) is 24.7 Å². The highest BCUT2D eigenvalue weighted by Gasteiger charge is 2.06. The Morgan fingerprint density at radius 3 is 2.42 bits per heavy atom. The average molecular weight is 344 g/mol. The quantitative estimate of drug-likeness (QED) is 0.622. The van der Waals surface area contributed by atoms with Gasteiger partial charge in [0.15, 0.2) is 0 Å². The molecule has 0 bridgehead atoms. The summed E-state index contributed by atoms with van der Waals surface area (Å²) in [5, 5.41) is 7.12. The molecular formula is C18H18ClN3O2. The molecule has 0 aliphatic heterocycles. The van der Waals surface area contributed by atoms with Crippen LogP contribution in [0.1, 0.15) is 24.0 Å². The van der Waals surface area contributed by atoms with Gasteiger partial charge in [-0.05, 0) is 25.1 Å². The summed E-state index contributed by atoms with van der Waals surface area (Å²) >= 11 is 5.97. The Morgan fingerprint density at radius 1 is 1.04 bits per heavy atom. The van der Waals surface area contributed by atoms with E-state index >= 15 is 0 Å². The Bertz CT molecular complexity index is 742. The fraction of sp³-hybridized carbons (Fsp3) is 0.167. The van der Waals surface area contributed by atoms with Crippen molar-refractivity contribution in [2.24, 2.45) is 5.10 Å². The Balaban J connectivity index is 1.73. The summed E-state index contributed by atoms with van der Waals surface area (Å²) in [4.78, 5) is 23.5. The second-order valence-corrected chi connectivity index (χ2v) is 5.64. The highest BCUT2D eigenvalue weighted by atomic mass is 35.5. The van der Waals surface area contributed by atoms with Crippen molar-refractivity contribution in [3.8, 4) is 0 Å². The maximum atomic E-state index is 11.8. The van der Waals surface area contributed by atoms with Gasteiger partial charge in [0.25, 0.3) is 0 Å². The molecule has 0 aliphatic rings. The smallest absolute Gasteiger partial charge is 0.240 e. The molecule has 2 N–H and O–H groups in total. The lowest BCUT2D eigenvalue weighted by atomic mass is 10.2. The van der Waals surface area contributed by atoms with E-state index in [2.05, 4.69) is 15.8 Å². The number of nitrogens with zero attached hydrogens (tertiary/aromatic N) is 1. The van der Waals surface area contributed by atoms with Crippen LogP contribution >= 0.6 is 11.6 Å². The van der Waals surface area contributed by atoms with Crippen LogP contribution in [-0.4, -0.2) is 18.0 Å². The molecule has 6 heteroatoms. The molecule has 0 atom stereocenters. The number of hydrazone groups is 1. The third-order valence-corrected chi connectivity index (χ3v) is 3.56. The second-order valence-electron chi connectivity index (χ2n) is 5.23. The molecule has 0 spiro atoms. The molecule has 2 rings (SSSR count). The first-order valence-electron chi connectivity index (χ1n) is 7.47. The lowest BCUT2D eigenvalue weighted by Crippen LogP contribution is -2.20. The summed E-state index contributed by atoms with van der Waals surface area (Å²) in [5.74, 6) is -0.554. The van der Waals surface area contributed by atoms with Gasteiger partial charge >= 0.3 is 0 Å². The van der Waals surface area contributed by atoms with Crippen molar-refractivity contribution in [1.29, 1.82) is 0 Å². The van der Waals surface area contributed by atoms with Crippen molar-refractivity contribution in [3.05, 3.63) is 64.7 Å². The van der Waals surface area contributed by atoms with Gasteiger partial charge in [-0.3, -0.25) is 9.59 Å². The van der Waals surface area contributed by atoms with Crippen LogP contribution in [0.3, 0.4) is 0 Å². The minimum absolute atomic E-state index is 0.0531. The van der Waals surface area contributed by atoms with E-state index in [1.54, 1.807) is 12.1 Å². The van der Waals surface area contributed by atoms with Crippen LogP contribution in [0, 0.1) is 6.92 Å². The molecule has 124 valence electrons. The molecule has 2 amide bonds. The number of aryl methyl sites for hydroxylation is 1. The molecule has 0 saturated heterocycles. The predicted molar refractivity (Wildman–Crippen MR) is 96.2 cm³/mol. The normalized spacial score (nSPS) is 10.6. The van der Waals surface area contributed by atoms with Crippen LogP contribution in [-0.2, 0) is 9.59 Å². The van der Waals surface area contributed by atoms with Crippen LogP contribution in [0.25, 0.3) is 0 Å². The first kappa shape index (κ1) is 17.7. The molecule has 0 aliphatic carbocycles. The Morgan fingerprint density at radius 2 is 1.71 bits per heavy atom. The molecule has 2 aromatic rings. The Labute approximate surface area is 145 Å². The highest BCUT2D eigenvalue weighted by Crippen LogP contribution is 2.12. The zero-order chi connectivity index (χ0) is 17.4. The second kappa shape index (κ2) is 8.84. The van der Waals surface area contributed by atoms with Crippen molar-refractivity contribution in [3.63, 3.8) is 0 Å². The molecule has 0 unspecified atom stereocenters. The van der Waals surface area contributed by atoms with Gasteiger partial charge in [-0.1, -0.05) is 47.5 Å². The number of anilines is 1. The third kappa shape index (κ3) is 5.85. The van der Waals surface area contributed by atoms with E-state index in [0.29, 0.717) is 16.3 Å². The van der Waals surface area contributed by atoms with E-state index in [1.165, 1.54) is 6.21 Å². The lowest BCUT2D eigenvalue weighted by Gasteiger charge is -2.05. The van der Waals surface area contributed by atoms with Gasteiger partial charge < -0.3 is 5.32 Å². The van der Waals surface area contributed by atoms with Gasteiger partial charge in [0, 0.05) is 29.1 Å². The van der Waals surface area contributed by atoms with Crippen LogP contribution in [0.5, 0.6) is 0 Å². The molecule has 0 radical (unpaired) electrons. The molecule has 24 heavy (non-hydrogen) atoms. The van der Waals surface area contributed by atoms with Crippen LogP contribution in [0.4, 0.5) is 5.69 Å². The Kier molecular flexibility index (Phi) is 6.51. The minimum Gasteiger partial charge on any atom is -0.326 e. The zero-order valence-corrected chi connectivity index (χ0v) is 14.0. The standard InChI is InChI=1S/C18H18ClN3O2/c1-13-6-8-15(9-7-13)21-17(23)10-11-18(24)22-20-12-14-4-2-3-5-16(14)19/h2-9,12H,10-11H2,1H3,(H,21,23)(H,22,24)/b20-12+. The average Bonchev–Trinajstić information content (AvgIpc) is 2.57. The fourth-order valence-electron chi connectivity index (χ4n) is 1.90. The van der Waals surface area contributed by atoms with Crippen molar-refractivity contribution < 1.29 is 9.59 Å². The van der Waals surface area contributed by atoms with Crippen LogP contribution < -0.4 is 10.7 Å². The maximum Gasteiger partial charge on any atom is 0.240 e. The van der Waals surface area contributed by atoms with Crippen molar-refractivity contribution in [2.75, 3.05) is 5.32 Å². The van der Waals surface area contributed by atoms with Crippen LogP contribution in [0.2, 0.25) is 5.02 Å². The van der Waals surface area contributed by atoms with Gasteiger partial charge in [-0.2, -0.15) is 5.10 Å². The number of hydrogen-bond acceptors (Lipinski definition) is 3. The summed E-state index contributed by atoms with van der Waals surface area (Å²) in [6.45, 7) is 1.97. The molecular weight excluding hydrogens is 326 g/mol. The predicted octanol–water partition coefficient (Wildman–Crippen LogP) is 3.52. The maximum absolute atomic E-state index is 11.8. The first-order valence-corrected chi connectivity index (χ1v) is 7.85. The molecule has 0 aromatic heterocycles. The summed E-state index contributed by atoms with van der Waals surface area (Å²) < 4.78 is 0. The first-order chi connectivity index (χ1) is 11.5. The van der Waals surface area contributed by atoms with Crippen molar-refractivity contribution >= 4 is 35.3 Å². The van der Waals surface area contributed by atoms with Crippen molar-refractivity contribution in [1.82, 2.24) is 5.43 Å². The van der Waals surface area contributed by atoms with Gasteiger partial charge in [-0.15, -0.1) is 0 Å². The SMILES string of the molecule is Cc1ccc(NC(=O)CCC(=O)N/N=C/c2ccccc2Cl)cc1. The van der Waals surface area contributed by atoms with Gasteiger partial charge in [0.1, 0.15) is 0 Å². The van der Waals surface area contributed by atoms with Gasteiger partial charge in [0.2, 0.25) is 11.8 Å². The van der Waals surface area contributed by atoms with E-state index in [9.17, 15) is 9.59 Å². The molecule has 0 saturated carbocycles. The number of benzene rings is 2. The molecule has 2 aromatic carbocycles.